The van der Waals surface area contributed by atoms with Crippen LogP contribution in [-0.4, -0.2) is 178 Å². The van der Waals surface area contributed by atoms with Crippen LogP contribution in [0.15, 0.2) is 334 Å². The molecule has 122 heavy (non-hydrogen) atoms. The molecule has 3 aliphatic heterocycles. The molecule has 27 heteroatoms. The number of benzene rings is 11. The molecule has 0 spiro atoms. The zero-order valence-corrected chi connectivity index (χ0v) is 64.6. The fourth-order valence-electron chi connectivity index (χ4n) is 13.5. The van der Waals surface area contributed by atoms with Crippen LogP contribution in [0.25, 0.3) is 0 Å². The number of rotatable bonds is 30. The van der Waals surface area contributed by atoms with Gasteiger partial charge in [-0.05, 0) is 133 Å². The van der Waals surface area contributed by atoms with Crippen molar-refractivity contribution in [3.8, 4) is 0 Å². The van der Waals surface area contributed by atoms with Crippen LogP contribution in [0.1, 0.15) is 114 Å². The Morgan fingerprint density at radius 2 is 0.443 bits per heavy atom. The van der Waals surface area contributed by atoms with Gasteiger partial charge in [0.2, 0.25) is 12.1 Å². The molecule has 0 aliphatic carbocycles. The number of ether oxygens (including phenoxy) is 16. The van der Waals surface area contributed by atoms with Crippen molar-refractivity contribution in [1.82, 2.24) is 0 Å². The second-order valence-corrected chi connectivity index (χ2v) is 27.7. The summed E-state index contributed by atoms with van der Waals surface area (Å²) in [6, 6.07) is 82.5. The summed E-state index contributed by atoms with van der Waals surface area (Å²) in [6.45, 7) is -4.10. The summed E-state index contributed by atoms with van der Waals surface area (Å²) < 4.78 is 105. The molecule has 3 fully saturated rings. The van der Waals surface area contributed by atoms with Crippen LogP contribution in [0.5, 0.6) is 0 Å². The van der Waals surface area contributed by atoms with Gasteiger partial charge in [0.25, 0.3) is 0 Å². The molecule has 0 radical (unpaired) electrons. The van der Waals surface area contributed by atoms with Crippen molar-refractivity contribution in [1.29, 1.82) is 0 Å². The van der Waals surface area contributed by atoms with E-state index in [1.165, 1.54) is 231 Å². The molecule has 0 unspecified atom stereocenters. The predicted octanol–water partition coefficient (Wildman–Crippen LogP) is 12.9. The molecule has 27 nitrogen and oxygen atoms in total. The van der Waals surface area contributed by atoms with E-state index in [9.17, 15) is 28.8 Å². The fourth-order valence-corrected chi connectivity index (χ4v) is 13.5. The standard InChI is InChI=1S/C95H76O27/c96-82(60-34-12-1-13-35-60)107-56-71-74(113-85(99)63-40-18-4-19-41-63)77(116-88(102)66-46-24-7-25-47-66)79(118-90(104)68-50-28-9-29-51-68)93(111-71)109-57-72-75(114-86(100)64-42-20-5-21-43-64)78(117-89(103)67-48-26-8-27-49-67)80(119-91(105)69-52-30-10-31-53-69)94(112-72)122-95(59-110-84(98)62-38-16-3-17-39-62)81(120-92(106)70-54-32-11-33-55-70)76(115-87(101)65-44-22-6-23-45-65)73(121-95)58-108-83(97)61-36-14-2-15-37-61/h1-55,71-81,93-94H,56-59H2/t71-,72-,73-,74+,75-,76-,77+,78+,79-,80-,81+,93+,94-,95+/m1/s1. The second kappa shape index (κ2) is 40.2. The molecule has 14 atom stereocenters. The van der Waals surface area contributed by atoms with E-state index in [1.807, 2.05) is 0 Å². The van der Waals surface area contributed by atoms with E-state index in [2.05, 4.69) is 0 Å². The Bertz CT molecular complexity index is 5400. The van der Waals surface area contributed by atoms with Crippen LogP contribution in [0.2, 0.25) is 0 Å². The lowest BCUT2D eigenvalue weighted by molar-refractivity contribution is -0.385. The first-order valence-electron chi connectivity index (χ1n) is 38.6. The zero-order valence-electron chi connectivity index (χ0n) is 64.6. The minimum absolute atomic E-state index is 0.0278. The van der Waals surface area contributed by atoms with Gasteiger partial charge in [-0.15, -0.1) is 0 Å². The van der Waals surface area contributed by atoms with Gasteiger partial charge in [-0.25, -0.2) is 52.7 Å². The average Bonchev–Trinajstić information content (AvgIpc) is 1.53. The molecule has 618 valence electrons. The quantitative estimate of drug-likeness (QED) is 0.0298. The molecule has 0 N–H and O–H groups in total. The van der Waals surface area contributed by atoms with Gasteiger partial charge in [0.1, 0.15) is 38.1 Å². The third-order valence-corrected chi connectivity index (χ3v) is 19.6. The van der Waals surface area contributed by atoms with E-state index in [0.717, 1.165) is 0 Å². The van der Waals surface area contributed by atoms with Crippen molar-refractivity contribution >= 4 is 65.7 Å². The summed E-state index contributed by atoms with van der Waals surface area (Å²) in [7, 11) is 0. The van der Waals surface area contributed by atoms with Gasteiger partial charge in [0, 0.05) is 0 Å². The van der Waals surface area contributed by atoms with Crippen LogP contribution in [0, 0.1) is 0 Å². The van der Waals surface area contributed by atoms with E-state index in [0.29, 0.717) is 0 Å². The minimum atomic E-state index is -3.06. The summed E-state index contributed by atoms with van der Waals surface area (Å²) in [5.41, 5.74) is -0.765. The third-order valence-electron chi connectivity index (χ3n) is 19.6. The molecule has 11 aromatic carbocycles. The molecule has 0 saturated carbocycles. The Balaban J connectivity index is 0.959. The topological polar surface area (TPSA) is 335 Å². The number of carbonyl (C=O) groups excluding carboxylic acids is 11. The average molecular weight is 1650 g/mol. The van der Waals surface area contributed by atoms with Gasteiger partial charge in [-0.1, -0.05) is 200 Å². The number of esters is 11. The molecule has 3 heterocycles. The summed E-state index contributed by atoms with van der Waals surface area (Å²) in [4.78, 5) is 164. The first-order valence-corrected chi connectivity index (χ1v) is 38.6. The summed E-state index contributed by atoms with van der Waals surface area (Å²) in [5.74, 6) is -15.0. The number of carbonyl (C=O) groups is 11. The van der Waals surface area contributed by atoms with Crippen molar-refractivity contribution in [2.45, 2.75) is 85.5 Å². The van der Waals surface area contributed by atoms with Gasteiger partial charge in [0.05, 0.1) is 67.8 Å². The monoisotopic (exact) mass is 1650 g/mol. The highest BCUT2D eigenvalue weighted by atomic mass is 16.8. The highest BCUT2D eigenvalue weighted by Crippen LogP contribution is 2.44. The zero-order chi connectivity index (χ0) is 84.7. The number of hydrogen-bond acceptors (Lipinski definition) is 27. The van der Waals surface area contributed by atoms with Gasteiger partial charge in [-0.3, -0.25) is 0 Å². The van der Waals surface area contributed by atoms with Crippen LogP contribution >= 0.6 is 0 Å². The SMILES string of the molecule is O=C(OC[C@H]1O[C@H](OC[C@H]2O[C@H](O[C@]3(COC(=O)c4ccccc4)O[C@H](COC(=O)c4ccccc4)[C@@H](OC(=O)c4ccccc4)[C@@H]3OC(=O)c3ccccc3)[C@H](OC(=O)c3ccccc3)[C@@H](OC(=O)c3ccccc3)[C@@H]2OC(=O)c2ccccc2)[C@H](OC(=O)c2ccccc2)[C@@H](OC(=O)c2ccccc2)[C@H]1OC(=O)c1ccccc1)c1ccccc1. The lowest BCUT2D eigenvalue weighted by atomic mass is 9.96. The van der Waals surface area contributed by atoms with Crippen molar-refractivity contribution in [2.75, 3.05) is 26.4 Å². The van der Waals surface area contributed by atoms with E-state index in [-0.39, 0.29) is 61.2 Å². The maximum absolute atomic E-state index is 15.4. The lowest BCUT2D eigenvalue weighted by Crippen LogP contribution is -2.66. The highest BCUT2D eigenvalue weighted by Gasteiger charge is 2.66. The third kappa shape index (κ3) is 20.9. The molecular weight excluding hydrogens is 1570 g/mol. The molecule has 0 bridgehead atoms. The van der Waals surface area contributed by atoms with Gasteiger partial charge in [0.15, 0.2) is 55.1 Å². The lowest BCUT2D eigenvalue weighted by Gasteiger charge is -2.48. The minimum Gasteiger partial charge on any atom is -0.459 e. The Kier molecular flexibility index (Phi) is 27.7. The fraction of sp³-hybridized carbons (Fsp3) is 0.189. The molecule has 11 aromatic rings. The van der Waals surface area contributed by atoms with Gasteiger partial charge >= 0.3 is 65.7 Å². The first-order chi connectivity index (χ1) is 59.5. The Morgan fingerprint density at radius 3 is 0.746 bits per heavy atom. The predicted molar refractivity (Wildman–Crippen MR) is 427 cm³/mol. The van der Waals surface area contributed by atoms with Crippen molar-refractivity contribution < 1.29 is 129 Å². The van der Waals surface area contributed by atoms with Crippen molar-refractivity contribution in [3.05, 3.63) is 395 Å². The van der Waals surface area contributed by atoms with Crippen LogP contribution in [-0.2, 0) is 75.8 Å². The van der Waals surface area contributed by atoms with E-state index < -0.39 is 178 Å². The van der Waals surface area contributed by atoms with E-state index >= 15 is 24.0 Å². The second-order valence-electron chi connectivity index (χ2n) is 27.7. The van der Waals surface area contributed by atoms with Crippen molar-refractivity contribution in [2.24, 2.45) is 0 Å². The Morgan fingerprint density at radius 1 is 0.221 bits per heavy atom. The summed E-state index contributed by atoms with van der Waals surface area (Å²) in [5, 5.41) is 0. The van der Waals surface area contributed by atoms with Crippen LogP contribution in [0.4, 0.5) is 0 Å². The largest absolute Gasteiger partial charge is 0.459 e. The number of hydrogen-bond donors (Lipinski definition) is 0. The van der Waals surface area contributed by atoms with Crippen LogP contribution in [0.3, 0.4) is 0 Å². The van der Waals surface area contributed by atoms with Gasteiger partial charge < -0.3 is 75.8 Å². The van der Waals surface area contributed by atoms with Crippen LogP contribution < -0.4 is 0 Å². The van der Waals surface area contributed by atoms with Crippen molar-refractivity contribution in [3.63, 3.8) is 0 Å². The molecule has 3 saturated heterocycles. The Hall–Kier alpha value is -14.6. The van der Waals surface area contributed by atoms with E-state index in [4.69, 9.17) is 75.8 Å². The normalized spacial score (nSPS) is 22.0. The van der Waals surface area contributed by atoms with Gasteiger partial charge in [-0.2, -0.15) is 0 Å². The maximum atomic E-state index is 15.4. The molecule has 14 rings (SSSR count). The first kappa shape index (κ1) is 83.9. The molecular formula is C95H76O27. The summed E-state index contributed by atoms with van der Waals surface area (Å²) >= 11 is 0. The summed E-state index contributed by atoms with van der Waals surface area (Å²) in [6.07, 6.45) is -27.6. The maximum Gasteiger partial charge on any atom is 0.338 e. The molecule has 0 aromatic heterocycles. The highest BCUT2D eigenvalue weighted by molar-refractivity contribution is 5.95. The smallest absolute Gasteiger partial charge is 0.338 e. The Labute approximate surface area is 697 Å². The molecule has 0 amide bonds. The van der Waals surface area contributed by atoms with E-state index in [1.54, 1.807) is 103 Å². The molecule has 3 aliphatic rings.